The number of morpholine rings is 1. The lowest BCUT2D eigenvalue weighted by Crippen LogP contribution is -2.46. The highest BCUT2D eigenvalue weighted by Crippen LogP contribution is 2.38. The number of hydrogen-bond donors (Lipinski definition) is 2. The summed E-state index contributed by atoms with van der Waals surface area (Å²) in [5.74, 6) is 1.60. The predicted molar refractivity (Wildman–Crippen MR) is 142 cm³/mol. The number of alkyl carbamates (subject to hydrolysis) is 1. The number of amides is 1. The summed E-state index contributed by atoms with van der Waals surface area (Å²) in [6.07, 6.45) is 1.23. The van der Waals surface area contributed by atoms with Gasteiger partial charge < -0.3 is 29.7 Å². The van der Waals surface area contributed by atoms with Gasteiger partial charge in [-0.15, -0.1) is 11.3 Å². The fourth-order valence-electron chi connectivity index (χ4n) is 4.03. The molecule has 1 amide bonds. The maximum atomic E-state index is 12.1. The van der Waals surface area contributed by atoms with Crippen LogP contribution in [-0.2, 0) is 15.1 Å². The molecule has 2 aliphatic heterocycles. The Morgan fingerprint density at radius 1 is 1.09 bits per heavy atom. The SMILES string of the molecule is CC.CC(C)(C)OC(=O)NC1CCN(c2nc(N3CCOCC3)c3sc(C(C)(C)O)cc3n2)CC1. The first-order valence-electron chi connectivity index (χ1n) is 12.6. The summed E-state index contributed by atoms with van der Waals surface area (Å²) >= 11 is 1.55. The minimum Gasteiger partial charge on any atom is -0.444 e. The van der Waals surface area contributed by atoms with E-state index < -0.39 is 11.2 Å². The van der Waals surface area contributed by atoms with E-state index in [-0.39, 0.29) is 12.1 Å². The van der Waals surface area contributed by atoms with Crippen LogP contribution in [-0.4, -0.2) is 72.2 Å². The Morgan fingerprint density at radius 2 is 1.71 bits per heavy atom. The molecule has 2 fully saturated rings. The van der Waals surface area contributed by atoms with Gasteiger partial charge in [-0.3, -0.25) is 0 Å². The number of carbonyl (C=O) groups is 1. The number of nitrogens with one attached hydrogen (secondary N) is 1. The molecule has 35 heavy (non-hydrogen) atoms. The molecule has 2 saturated heterocycles. The summed E-state index contributed by atoms with van der Waals surface area (Å²) in [5.41, 5.74) is -0.580. The van der Waals surface area contributed by atoms with Gasteiger partial charge in [0, 0.05) is 37.1 Å². The van der Waals surface area contributed by atoms with Crippen molar-refractivity contribution in [1.82, 2.24) is 15.3 Å². The van der Waals surface area contributed by atoms with Crippen molar-refractivity contribution < 1.29 is 19.4 Å². The highest BCUT2D eigenvalue weighted by molar-refractivity contribution is 7.19. The van der Waals surface area contributed by atoms with E-state index in [0.29, 0.717) is 19.2 Å². The van der Waals surface area contributed by atoms with Crippen molar-refractivity contribution in [2.45, 2.75) is 78.6 Å². The first kappa shape index (κ1) is 27.4. The molecule has 2 aliphatic rings. The van der Waals surface area contributed by atoms with Gasteiger partial charge in [-0.2, -0.15) is 4.98 Å². The average molecular weight is 508 g/mol. The van der Waals surface area contributed by atoms with E-state index in [1.165, 1.54) is 0 Å². The van der Waals surface area contributed by atoms with Crippen molar-refractivity contribution in [2.24, 2.45) is 0 Å². The van der Waals surface area contributed by atoms with E-state index in [9.17, 15) is 9.90 Å². The van der Waals surface area contributed by atoms with E-state index in [1.54, 1.807) is 25.2 Å². The summed E-state index contributed by atoms with van der Waals surface area (Å²) in [6, 6.07) is 2.05. The molecule has 2 aromatic rings. The molecule has 0 bridgehead atoms. The molecule has 0 unspecified atom stereocenters. The van der Waals surface area contributed by atoms with Crippen LogP contribution in [0.25, 0.3) is 10.2 Å². The molecule has 0 radical (unpaired) electrons. The third kappa shape index (κ3) is 7.17. The van der Waals surface area contributed by atoms with Crippen molar-refractivity contribution >= 4 is 39.4 Å². The second-order valence-corrected chi connectivity index (χ2v) is 11.3. The molecule has 0 atom stereocenters. The van der Waals surface area contributed by atoms with Gasteiger partial charge in [0.15, 0.2) is 5.82 Å². The Kier molecular flexibility index (Phi) is 8.82. The van der Waals surface area contributed by atoms with Gasteiger partial charge in [-0.05, 0) is 53.5 Å². The van der Waals surface area contributed by atoms with Crippen molar-refractivity contribution in [3.8, 4) is 0 Å². The fraction of sp³-hybridized carbons (Fsp3) is 0.720. The molecular weight excluding hydrogens is 466 g/mol. The first-order valence-corrected chi connectivity index (χ1v) is 13.4. The number of thiophene rings is 1. The summed E-state index contributed by atoms with van der Waals surface area (Å²) in [5, 5.41) is 13.5. The van der Waals surface area contributed by atoms with Crippen LogP contribution in [0.3, 0.4) is 0 Å². The molecule has 0 spiro atoms. The van der Waals surface area contributed by atoms with Gasteiger partial charge in [0.2, 0.25) is 5.95 Å². The summed E-state index contributed by atoms with van der Waals surface area (Å²) in [7, 11) is 0. The minimum atomic E-state index is -0.931. The lowest BCUT2D eigenvalue weighted by atomic mass is 10.1. The van der Waals surface area contributed by atoms with Gasteiger partial charge in [0.1, 0.15) is 5.60 Å². The van der Waals surface area contributed by atoms with Gasteiger partial charge in [0.05, 0.1) is 29.0 Å². The van der Waals surface area contributed by atoms with E-state index >= 15 is 0 Å². The quantitative estimate of drug-likeness (QED) is 0.633. The largest absolute Gasteiger partial charge is 0.444 e. The van der Waals surface area contributed by atoms with E-state index in [0.717, 1.165) is 59.9 Å². The molecule has 0 aromatic carbocycles. The normalized spacial score (nSPS) is 17.7. The molecule has 10 heteroatoms. The predicted octanol–water partition coefficient (Wildman–Crippen LogP) is 4.28. The summed E-state index contributed by atoms with van der Waals surface area (Å²) in [6.45, 7) is 17.6. The van der Waals surface area contributed by atoms with Crippen molar-refractivity contribution in [3.05, 3.63) is 10.9 Å². The minimum absolute atomic E-state index is 0.0708. The second kappa shape index (κ2) is 11.3. The highest BCUT2D eigenvalue weighted by Gasteiger charge is 2.28. The van der Waals surface area contributed by atoms with Crippen LogP contribution < -0.4 is 15.1 Å². The summed E-state index contributed by atoms with van der Waals surface area (Å²) in [4.78, 5) is 27.3. The molecule has 2 aromatic heterocycles. The Hall–Kier alpha value is -2.17. The Labute approximate surface area is 212 Å². The molecule has 0 saturated carbocycles. The number of nitrogens with zero attached hydrogens (tertiary/aromatic N) is 4. The van der Waals surface area contributed by atoms with Crippen molar-refractivity contribution in [2.75, 3.05) is 49.2 Å². The second-order valence-electron chi connectivity index (χ2n) is 10.2. The topological polar surface area (TPSA) is 100 Å². The molecule has 196 valence electrons. The number of fused-ring (bicyclic) bond motifs is 1. The third-order valence-electron chi connectivity index (χ3n) is 5.75. The van der Waals surface area contributed by atoms with Gasteiger partial charge >= 0.3 is 6.09 Å². The van der Waals surface area contributed by atoms with E-state index in [2.05, 4.69) is 15.1 Å². The molecule has 4 rings (SSSR count). The van der Waals surface area contributed by atoms with Crippen LogP contribution in [0.5, 0.6) is 0 Å². The zero-order chi connectivity index (χ0) is 25.8. The van der Waals surface area contributed by atoms with Crippen LogP contribution in [0, 0.1) is 0 Å². The molecule has 0 aliphatic carbocycles. The van der Waals surface area contributed by atoms with Gasteiger partial charge in [-0.25, -0.2) is 9.78 Å². The Morgan fingerprint density at radius 3 is 2.29 bits per heavy atom. The van der Waals surface area contributed by atoms with Crippen molar-refractivity contribution in [3.63, 3.8) is 0 Å². The number of piperidine rings is 1. The monoisotopic (exact) mass is 507 g/mol. The van der Waals surface area contributed by atoms with Crippen LogP contribution in [0.2, 0.25) is 0 Å². The Bertz CT molecular complexity index is 984. The number of anilines is 2. The molecular formula is C25H41N5O4S. The molecule has 4 heterocycles. The van der Waals surface area contributed by atoms with Gasteiger partial charge in [0.25, 0.3) is 0 Å². The number of aromatic nitrogens is 2. The molecule has 9 nitrogen and oxygen atoms in total. The number of carbonyl (C=O) groups excluding carboxylic acids is 1. The standard InChI is InChI=1S/C23H35N5O4S.C2H6/c1-22(2,3)32-21(29)24-15-6-8-28(9-7-15)20-25-16-14-17(23(4,5)30)33-18(16)19(26-20)27-10-12-31-13-11-27;1-2/h14-15,30H,6-13H2,1-5H3,(H,24,29);1-2H3. The highest BCUT2D eigenvalue weighted by atomic mass is 32.1. The fourth-order valence-corrected chi connectivity index (χ4v) is 5.15. The van der Waals surface area contributed by atoms with Crippen molar-refractivity contribution in [1.29, 1.82) is 0 Å². The maximum Gasteiger partial charge on any atom is 0.407 e. The van der Waals surface area contributed by atoms with Crippen LogP contribution in [0.4, 0.5) is 16.6 Å². The maximum absolute atomic E-state index is 12.1. The number of aliphatic hydroxyl groups is 1. The smallest absolute Gasteiger partial charge is 0.407 e. The average Bonchev–Trinajstić information content (AvgIpc) is 3.25. The summed E-state index contributed by atoms with van der Waals surface area (Å²) < 4.78 is 11.9. The van der Waals surface area contributed by atoms with E-state index in [1.807, 2.05) is 40.7 Å². The number of hydrogen-bond acceptors (Lipinski definition) is 9. The van der Waals surface area contributed by atoms with Crippen LogP contribution >= 0.6 is 11.3 Å². The van der Waals surface area contributed by atoms with Crippen LogP contribution in [0.1, 0.15) is 66.2 Å². The lowest BCUT2D eigenvalue weighted by molar-refractivity contribution is 0.0497. The van der Waals surface area contributed by atoms with E-state index in [4.69, 9.17) is 19.4 Å². The third-order valence-corrected chi connectivity index (χ3v) is 7.19. The Balaban J connectivity index is 0.00000167. The zero-order valence-electron chi connectivity index (χ0n) is 22.2. The van der Waals surface area contributed by atoms with Crippen LogP contribution in [0.15, 0.2) is 6.07 Å². The lowest BCUT2D eigenvalue weighted by Gasteiger charge is -2.34. The number of ether oxygens (including phenoxy) is 2. The van der Waals surface area contributed by atoms with Gasteiger partial charge in [-0.1, -0.05) is 13.8 Å². The zero-order valence-corrected chi connectivity index (χ0v) is 23.0. The first-order chi connectivity index (χ1) is 16.5. The molecule has 2 N–H and O–H groups in total. The number of rotatable bonds is 4.